The number of furan rings is 1. The lowest BCUT2D eigenvalue weighted by atomic mass is 10.2. The van der Waals surface area contributed by atoms with Crippen LogP contribution >= 0.6 is 0 Å². The zero-order valence-corrected chi connectivity index (χ0v) is 16.0. The summed E-state index contributed by atoms with van der Waals surface area (Å²) in [4.78, 5) is 12.0. The summed E-state index contributed by atoms with van der Waals surface area (Å²) in [5.41, 5.74) is 1.09. The Morgan fingerprint density at radius 2 is 1.86 bits per heavy atom. The number of para-hydroxylation sites is 1. The van der Waals surface area contributed by atoms with Crippen molar-refractivity contribution in [2.75, 3.05) is 11.3 Å². The monoisotopic (exact) mass is 400 g/mol. The minimum absolute atomic E-state index is 0.114. The molecule has 3 rings (SSSR count). The van der Waals surface area contributed by atoms with E-state index >= 15 is 0 Å². The van der Waals surface area contributed by atoms with E-state index in [9.17, 15) is 13.2 Å². The Morgan fingerprint density at radius 3 is 2.54 bits per heavy atom. The average molecular weight is 400 g/mol. The van der Waals surface area contributed by atoms with Crippen LogP contribution < -0.4 is 14.8 Å². The minimum Gasteiger partial charge on any atom is -0.484 e. The molecule has 1 amide bonds. The van der Waals surface area contributed by atoms with Gasteiger partial charge in [0.2, 0.25) is 0 Å². The van der Waals surface area contributed by atoms with Crippen molar-refractivity contribution in [3.8, 4) is 5.75 Å². The number of amides is 1. The fourth-order valence-corrected chi connectivity index (χ4v) is 3.61. The Morgan fingerprint density at radius 1 is 1.07 bits per heavy atom. The van der Waals surface area contributed by atoms with Crippen LogP contribution in [0.5, 0.6) is 5.75 Å². The third-order valence-electron chi connectivity index (χ3n) is 3.88. The van der Waals surface area contributed by atoms with Crippen LogP contribution in [-0.2, 0) is 21.4 Å². The molecule has 0 radical (unpaired) electrons. The van der Waals surface area contributed by atoms with Crippen molar-refractivity contribution < 1.29 is 22.4 Å². The lowest BCUT2D eigenvalue weighted by Gasteiger charge is -2.12. The molecule has 0 spiro atoms. The fourth-order valence-electron chi connectivity index (χ4n) is 2.46. The van der Waals surface area contributed by atoms with Crippen molar-refractivity contribution in [2.24, 2.45) is 0 Å². The van der Waals surface area contributed by atoms with Gasteiger partial charge >= 0.3 is 0 Å². The summed E-state index contributed by atoms with van der Waals surface area (Å²) < 4.78 is 38.2. The van der Waals surface area contributed by atoms with Crippen molar-refractivity contribution in [1.82, 2.24) is 5.32 Å². The number of anilines is 1. The Kier molecular flexibility index (Phi) is 6.00. The van der Waals surface area contributed by atoms with Gasteiger partial charge in [0.05, 0.1) is 17.7 Å². The molecule has 0 unspecified atom stereocenters. The number of ether oxygens (including phenoxy) is 1. The molecule has 0 aliphatic heterocycles. The Hall–Kier alpha value is -3.26. The van der Waals surface area contributed by atoms with Gasteiger partial charge in [-0.25, -0.2) is 8.42 Å². The third kappa shape index (κ3) is 5.14. The molecule has 0 saturated heterocycles. The highest BCUT2D eigenvalue weighted by Crippen LogP contribution is 2.23. The molecule has 2 aromatic carbocycles. The molecule has 0 fully saturated rings. The predicted molar refractivity (Wildman–Crippen MR) is 104 cm³/mol. The summed E-state index contributed by atoms with van der Waals surface area (Å²) in [6.45, 7) is 1.81. The lowest BCUT2D eigenvalue weighted by Crippen LogP contribution is -2.28. The molecular formula is C20H20N2O5S. The van der Waals surface area contributed by atoms with Gasteiger partial charge < -0.3 is 14.5 Å². The summed E-state index contributed by atoms with van der Waals surface area (Å²) in [6, 6.07) is 16.6. The van der Waals surface area contributed by atoms with Gasteiger partial charge in [0, 0.05) is 5.69 Å². The lowest BCUT2D eigenvalue weighted by molar-refractivity contribution is -0.123. The van der Waals surface area contributed by atoms with Crippen molar-refractivity contribution in [2.45, 2.75) is 18.4 Å². The predicted octanol–water partition coefficient (Wildman–Crippen LogP) is 3.08. The molecule has 7 nitrogen and oxygen atoms in total. The minimum atomic E-state index is -3.71. The second kappa shape index (κ2) is 8.62. The zero-order chi connectivity index (χ0) is 20.0. The van der Waals surface area contributed by atoms with Gasteiger partial charge in [-0.3, -0.25) is 9.52 Å². The van der Waals surface area contributed by atoms with Crippen LogP contribution in [0.3, 0.4) is 0 Å². The first-order valence-corrected chi connectivity index (χ1v) is 10.0. The number of benzene rings is 2. The van der Waals surface area contributed by atoms with Crippen molar-refractivity contribution >= 4 is 21.6 Å². The van der Waals surface area contributed by atoms with Crippen LogP contribution in [-0.4, -0.2) is 20.9 Å². The first-order chi connectivity index (χ1) is 13.4. The standard InChI is InChI=1S/C20H20N2O5S/c1-15-12-18(28(24,25)22-16-6-3-2-4-7-16)9-10-19(15)27-14-20(23)21-13-17-8-5-11-26-17/h2-12,22H,13-14H2,1H3,(H,21,23). The maximum atomic E-state index is 12.5. The van der Waals surface area contributed by atoms with Gasteiger partial charge in [-0.05, 0) is 55.0 Å². The van der Waals surface area contributed by atoms with Gasteiger partial charge in [-0.1, -0.05) is 18.2 Å². The molecule has 0 aliphatic carbocycles. The first-order valence-electron chi connectivity index (χ1n) is 8.54. The number of carbonyl (C=O) groups is 1. The topological polar surface area (TPSA) is 97.6 Å². The number of nitrogens with one attached hydrogen (secondary N) is 2. The number of rotatable bonds is 8. The van der Waals surface area contributed by atoms with Gasteiger partial charge in [0.25, 0.3) is 15.9 Å². The number of sulfonamides is 1. The largest absolute Gasteiger partial charge is 0.484 e. The maximum Gasteiger partial charge on any atom is 0.261 e. The molecule has 8 heteroatoms. The van der Waals surface area contributed by atoms with E-state index in [0.29, 0.717) is 22.8 Å². The SMILES string of the molecule is Cc1cc(S(=O)(=O)Nc2ccccc2)ccc1OCC(=O)NCc1ccco1. The van der Waals surface area contributed by atoms with E-state index in [0.717, 1.165) is 0 Å². The van der Waals surface area contributed by atoms with Crippen LogP contribution in [0.15, 0.2) is 76.2 Å². The van der Waals surface area contributed by atoms with Crippen molar-refractivity contribution in [3.05, 3.63) is 78.3 Å². The Bertz CT molecular complexity index is 1030. The molecule has 0 aliphatic rings. The summed E-state index contributed by atoms with van der Waals surface area (Å²) in [7, 11) is -3.71. The molecule has 0 saturated carbocycles. The molecule has 0 bridgehead atoms. The van der Waals surface area contributed by atoms with Gasteiger partial charge in [-0.15, -0.1) is 0 Å². The molecule has 1 aromatic heterocycles. The molecule has 28 heavy (non-hydrogen) atoms. The molecular weight excluding hydrogens is 380 g/mol. The van der Waals surface area contributed by atoms with Gasteiger partial charge in [0.1, 0.15) is 11.5 Å². The van der Waals surface area contributed by atoms with E-state index in [1.54, 1.807) is 49.4 Å². The van der Waals surface area contributed by atoms with E-state index in [1.807, 2.05) is 0 Å². The van der Waals surface area contributed by atoms with Crippen molar-refractivity contribution in [3.63, 3.8) is 0 Å². The number of hydrogen-bond donors (Lipinski definition) is 2. The second-order valence-corrected chi connectivity index (χ2v) is 7.73. The Balaban J connectivity index is 1.59. The van der Waals surface area contributed by atoms with E-state index in [2.05, 4.69) is 10.0 Å². The number of aryl methyl sites for hydroxylation is 1. The summed E-state index contributed by atoms with van der Waals surface area (Å²) >= 11 is 0. The van der Waals surface area contributed by atoms with Crippen molar-refractivity contribution in [1.29, 1.82) is 0 Å². The van der Waals surface area contributed by atoms with E-state index < -0.39 is 10.0 Å². The quantitative estimate of drug-likeness (QED) is 0.606. The van der Waals surface area contributed by atoms with Gasteiger partial charge in [0.15, 0.2) is 6.61 Å². The van der Waals surface area contributed by atoms with Crippen LogP contribution in [0.2, 0.25) is 0 Å². The zero-order valence-electron chi connectivity index (χ0n) is 15.2. The fraction of sp³-hybridized carbons (Fsp3) is 0.150. The molecule has 3 aromatic rings. The van der Waals surface area contributed by atoms with Gasteiger partial charge in [-0.2, -0.15) is 0 Å². The van der Waals surface area contributed by atoms with E-state index in [4.69, 9.17) is 9.15 Å². The summed E-state index contributed by atoms with van der Waals surface area (Å²) in [5.74, 6) is 0.773. The summed E-state index contributed by atoms with van der Waals surface area (Å²) in [6.07, 6.45) is 1.53. The Labute approximate surface area is 163 Å². The highest BCUT2D eigenvalue weighted by molar-refractivity contribution is 7.92. The normalized spacial score (nSPS) is 11.0. The van der Waals surface area contributed by atoms with Crippen LogP contribution in [0, 0.1) is 6.92 Å². The number of carbonyl (C=O) groups excluding carboxylic acids is 1. The van der Waals surface area contributed by atoms with E-state index in [1.165, 1.54) is 24.5 Å². The molecule has 0 atom stereocenters. The maximum absolute atomic E-state index is 12.5. The smallest absolute Gasteiger partial charge is 0.261 e. The number of hydrogen-bond acceptors (Lipinski definition) is 5. The molecule has 146 valence electrons. The third-order valence-corrected chi connectivity index (χ3v) is 5.26. The van der Waals surface area contributed by atoms with Crippen LogP contribution in [0.1, 0.15) is 11.3 Å². The molecule has 1 heterocycles. The van der Waals surface area contributed by atoms with Crippen LogP contribution in [0.25, 0.3) is 0 Å². The van der Waals surface area contributed by atoms with E-state index in [-0.39, 0.29) is 24.0 Å². The summed E-state index contributed by atoms with van der Waals surface area (Å²) in [5, 5.41) is 2.67. The average Bonchev–Trinajstić information content (AvgIpc) is 3.19. The molecule has 2 N–H and O–H groups in total. The highest BCUT2D eigenvalue weighted by atomic mass is 32.2. The highest BCUT2D eigenvalue weighted by Gasteiger charge is 2.16. The second-order valence-electron chi connectivity index (χ2n) is 6.04. The first kappa shape index (κ1) is 19.5. The van der Waals surface area contributed by atoms with Crippen LogP contribution in [0.4, 0.5) is 5.69 Å².